The van der Waals surface area contributed by atoms with Gasteiger partial charge in [-0.25, -0.2) is 13.9 Å². The lowest BCUT2D eigenvalue weighted by molar-refractivity contribution is 0.102. The number of anilines is 1. The lowest BCUT2D eigenvalue weighted by atomic mass is 10.1. The van der Waals surface area contributed by atoms with Crippen LogP contribution in [0.5, 0.6) is 5.75 Å². The van der Waals surface area contributed by atoms with Crippen LogP contribution in [0.25, 0.3) is 16.8 Å². The molecule has 6 bridgehead atoms. The molecular formula is C20H22FN5O. The molecule has 140 valence electrons. The van der Waals surface area contributed by atoms with Gasteiger partial charge in [-0.1, -0.05) is 0 Å². The summed E-state index contributed by atoms with van der Waals surface area (Å²) in [7, 11) is 2.05. The molecule has 0 atom stereocenters. The third-order valence-electron chi connectivity index (χ3n) is 5.56. The molecule has 0 saturated carbocycles. The summed E-state index contributed by atoms with van der Waals surface area (Å²) in [5, 5.41) is 4.34. The fourth-order valence-corrected chi connectivity index (χ4v) is 3.90. The number of aromatic nitrogens is 3. The van der Waals surface area contributed by atoms with Crippen LogP contribution in [0, 0.1) is 5.82 Å². The highest BCUT2D eigenvalue weighted by atomic mass is 19.1. The summed E-state index contributed by atoms with van der Waals surface area (Å²) in [6.07, 6.45) is 5.69. The van der Waals surface area contributed by atoms with Crippen LogP contribution in [0.2, 0.25) is 0 Å². The number of halogens is 1. The van der Waals surface area contributed by atoms with Crippen molar-refractivity contribution in [2.24, 2.45) is 0 Å². The second-order valence-corrected chi connectivity index (χ2v) is 7.33. The van der Waals surface area contributed by atoms with Crippen molar-refractivity contribution >= 4 is 11.5 Å². The van der Waals surface area contributed by atoms with Crippen molar-refractivity contribution in [1.29, 1.82) is 0 Å². The van der Waals surface area contributed by atoms with Crippen molar-refractivity contribution < 1.29 is 9.13 Å². The van der Waals surface area contributed by atoms with Crippen LogP contribution in [0.1, 0.15) is 12.8 Å². The van der Waals surface area contributed by atoms with Gasteiger partial charge in [0.1, 0.15) is 23.5 Å². The van der Waals surface area contributed by atoms with Crippen LogP contribution >= 0.6 is 0 Å². The number of fused-ring (bicyclic) bond motifs is 4. The Bertz CT molecular complexity index is 980. The highest BCUT2D eigenvalue weighted by Crippen LogP contribution is 2.31. The summed E-state index contributed by atoms with van der Waals surface area (Å²) in [4.78, 5) is 9.38. The first-order chi connectivity index (χ1) is 13.2. The average Bonchev–Trinajstić information content (AvgIpc) is 3.11. The van der Waals surface area contributed by atoms with E-state index in [0.29, 0.717) is 22.5 Å². The van der Waals surface area contributed by atoms with Gasteiger partial charge in [0.15, 0.2) is 5.65 Å². The summed E-state index contributed by atoms with van der Waals surface area (Å²) >= 11 is 0. The van der Waals surface area contributed by atoms with Gasteiger partial charge in [0.25, 0.3) is 0 Å². The van der Waals surface area contributed by atoms with Crippen LogP contribution in [0.3, 0.4) is 0 Å². The van der Waals surface area contributed by atoms with Crippen molar-refractivity contribution in [3.8, 4) is 16.9 Å². The Labute approximate surface area is 157 Å². The Morgan fingerprint density at radius 1 is 1.07 bits per heavy atom. The van der Waals surface area contributed by atoms with Gasteiger partial charge in [0.2, 0.25) is 0 Å². The minimum absolute atomic E-state index is 0.175. The zero-order chi connectivity index (χ0) is 18.4. The predicted molar refractivity (Wildman–Crippen MR) is 102 cm³/mol. The molecule has 1 saturated heterocycles. The quantitative estimate of drug-likeness (QED) is 0.611. The van der Waals surface area contributed by atoms with Crippen LogP contribution < -0.4 is 9.64 Å². The first-order valence-electron chi connectivity index (χ1n) is 9.42. The van der Waals surface area contributed by atoms with Gasteiger partial charge in [0.05, 0.1) is 6.20 Å². The molecule has 0 N–H and O–H groups in total. The number of ether oxygens (including phenoxy) is 1. The molecular weight excluding hydrogens is 345 g/mol. The SMILES string of the molecule is CN1CCN2CCC(CC2)Oc2ccc(F)c(c2)-c2cnn3ccc1nc23. The molecule has 1 aromatic carbocycles. The second kappa shape index (κ2) is 6.49. The van der Waals surface area contributed by atoms with E-state index in [2.05, 4.69) is 14.9 Å². The van der Waals surface area contributed by atoms with E-state index in [9.17, 15) is 4.39 Å². The number of hydrogen-bond donors (Lipinski definition) is 0. The van der Waals surface area contributed by atoms with Crippen LogP contribution in [-0.4, -0.2) is 58.8 Å². The fraction of sp³-hybridized carbons (Fsp3) is 0.400. The van der Waals surface area contributed by atoms with E-state index >= 15 is 0 Å². The number of rotatable bonds is 0. The highest BCUT2D eigenvalue weighted by Gasteiger charge is 2.22. The maximum atomic E-state index is 14.6. The van der Waals surface area contributed by atoms with Gasteiger partial charge in [-0.15, -0.1) is 0 Å². The van der Waals surface area contributed by atoms with E-state index in [1.54, 1.807) is 22.8 Å². The van der Waals surface area contributed by atoms with Crippen molar-refractivity contribution in [3.63, 3.8) is 0 Å². The number of benzene rings is 1. The molecule has 7 heteroatoms. The summed E-state index contributed by atoms with van der Waals surface area (Å²) in [5.41, 5.74) is 1.80. The maximum absolute atomic E-state index is 14.6. The van der Waals surface area contributed by atoms with Crippen molar-refractivity contribution in [2.45, 2.75) is 18.9 Å². The average molecular weight is 367 g/mol. The third kappa shape index (κ3) is 3.02. The molecule has 0 amide bonds. The summed E-state index contributed by atoms with van der Waals surface area (Å²) in [6.45, 7) is 3.92. The Morgan fingerprint density at radius 2 is 1.93 bits per heavy atom. The smallest absolute Gasteiger partial charge is 0.165 e. The first-order valence-corrected chi connectivity index (χ1v) is 9.42. The van der Waals surface area contributed by atoms with Crippen LogP contribution in [0.15, 0.2) is 36.7 Å². The molecule has 3 aliphatic rings. The summed E-state index contributed by atoms with van der Waals surface area (Å²) in [5.74, 6) is 1.27. The minimum Gasteiger partial charge on any atom is -0.490 e. The molecule has 6 rings (SSSR count). The van der Waals surface area contributed by atoms with Gasteiger partial charge < -0.3 is 14.5 Å². The van der Waals surface area contributed by atoms with E-state index in [1.807, 2.05) is 19.3 Å². The normalized spacial score (nSPS) is 22.5. The van der Waals surface area contributed by atoms with E-state index in [0.717, 1.165) is 44.8 Å². The first kappa shape index (κ1) is 16.5. The molecule has 6 nitrogen and oxygen atoms in total. The Balaban J connectivity index is 1.66. The third-order valence-corrected chi connectivity index (χ3v) is 5.56. The van der Waals surface area contributed by atoms with Gasteiger partial charge in [-0.3, -0.25) is 0 Å². The molecule has 0 aliphatic carbocycles. The summed E-state index contributed by atoms with van der Waals surface area (Å²) in [6, 6.07) is 6.90. The molecule has 5 heterocycles. The van der Waals surface area contributed by atoms with Crippen molar-refractivity contribution in [1.82, 2.24) is 19.5 Å². The zero-order valence-corrected chi connectivity index (χ0v) is 15.3. The molecule has 0 unspecified atom stereocenters. The number of hydrogen-bond acceptors (Lipinski definition) is 5. The number of piperidine rings is 1. The van der Waals surface area contributed by atoms with Crippen LogP contribution in [0.4, 0.5) is 10.2 Å². The van der Waals surface area contributed by atoms with Gasteiger partial charge in [-0.05, 0) is 37.1 Å². The van der Waals surface area contributed by atoms with Crippen molar-refractivity contribution in [3.05, 3.63) is 42.5 Å². The molecule has 27 heavy (non-hydrogen) atoms. The monoisotopic (exact) mass is 367 g/mol. The summed E-state index contributed by atoms with van der Waals surface area (Å²) < 4.78 is 22.5. The molecule has 3 aliphatic heterocycles. The largest absolute Gasteiger partial charge is 0.490 e. The lowest BCUT2D eigenvalue weighted by Gasteiger charge is -2.33. The second-order valence-electron chi connectivity index (χ2n) is 7.33. The Kier molecular flexibility index (Phi) is 3.97. The molecule has 1 fully saturated rings. The van der Waals surface area contributed by atoms with Gasteiger partial charge in [-0.2, -0.15) is 5.10 Å². The lowest BCUT2D eigenvalue weighted by Crippen LogP contribution is -2.41. The Morgan fingerprint density at radius 3 is 2.78 bits per heavy atom. The van der Waals surface area contributed by atoms with Crippen LogP contribution in [-0.2, 0) is 0 Å². The molecule has 0 radical (unpaired) electrons. The van der Waals surface area contributed by atoms with E-state index in [1.165, 1.54) is 6.07 Å². The molecule has 3 aromatic rings. The Hall–Kier alpha value is -2.67. The topological polar surface area (TPSA) is 45.9 Å². The van der Waals surface area contributed by atoms with E-state index < -0.39 is 0 Å². The van der Waals surface area contributed by atoms with E-state index in [4.69, 9.17) is 9.72 Å². The van der Waals surface area contributed by atoms with Crippen molar-refractivity contribution in [2.75, 3.05) is 38.1 Å². The standard InChI is InChI=1S/C20H22FN5O/c1-24-10-11-25-7-4-14(5-8-25)27-15-2-3-18(21)16(12-15)17-13-22-26-9-6-19(24)23-20(17)26/h2-3,6,9,12-14H,4-5,7-8,10-11H2,1H3. The van der Waals surface area contributed by atoms with Gasteiger partial charge >= 0.3 is 0 Å². The zero-order valence-electron chi connectivity index (χ0n) is 15.3. The number of likely N-dealkylation sites (N-methyl/N-ethyl adjacent to an activating group) is 1. The van der Waals surface area contributed by atoms with E-state index in [-0.39, 0.29) is 11.9 Å². The predicted octanol–water partition coefficient (Wildman–Crippen LogP) is 2.83. The maximum Gasteiger partial charge on any atom is 0.165 e. The minimum atomic E-state index is -0.294. The highest BCUT2D eigenvalue weighted by molar-refractivity contribution is 5.78. The van der Waals surface area contributed by atoms with Gasteiger partial charge in [0, 0.05) is 50.6 Å². The molecule has 2 aromatic heterocycles. The number of nitrogens with zero attached hydrogens (tertiary/aromatic N) is 5. The molecule has 0 spiro atoms. The fourth-order valence-electron chi connectivity index (χ4n) is 3.90.